The molecule has 0 spiro atoms. The summed E-state index contributed by atoms with van der Waals surface area (Å²) in [6.45, 7) is 6.77. The molecule has 0 aliphatic heterocycles. The molecule has 1 unspecified atom stereocenters. The fourth-order valence-electron chi connectivity index (χ4n) is 1.68. The second kappa shape index (κ2) is 7.29. The molecule has 5 heteroatoms. The number of hydrogen-bond acceptors (Lipinski definition) is 2. The first-order chi connectivity index (χ1) is 8.43. The number of rotatable bonds is 6. The third kappa shape index (κ3) is 4.73. The summed E-state index contributed by atoms with van der Waals surface area (Å²) in [4.78, 5) is 2.84. The highest BCUT2D eigenvalue weighted by molar-refractivity contribution is 7.80. The van der Waals surface area contributed by atoms with Gasteiger partial charge in [-0.05, 0) is 24.2 Å². The van der Waals surface area contributed by atoms with Crippen LogP contribution < -0.4 is 5.73 Å². The molecule has 0 fully saturated rings. The van der Waals surface area contributed by atoms with Crippen molar-refractivity contribution >= 4 is 40.4 Å². The zero-order valence-corrected chi connectivity index (χ0v) is 12.9. The van der Waals surface area contributed by atoms with Crippen molar-refractivity contribution in [2.75, 3.05) is 13.1 Å². The summed E-state index contributed by atoms with van der Waals surface area (Å²) in [5, 5.41) is 1.17. The minimum atomic E-state index is 0.211. The van der Waals surface area contributed by atoms with E-state index in [1.54, 1.807) is 0 Å². The summed E-state index contributed by atoms with van der Waals surface area (Å²) < 4.78 is 0. The number of halogens is 2. The summed E-state index contributed by atoms with van der Waals surface area (Å²) in [7, 11) is 0. The van der Waals surface area contributed by atoms with E-state index < -0.39 is 0 Å². The van der Waals surface area contributed by atoms with E-state index in [0.29, 0.717) is 15.0 Å². The predicted octanol–water partition coefficient (Wildman–Crippen LogP) is 3.74. The third-order valence-corrected chi connectivity index (χ3v) is 4.00. The van der Waals surface area contributed by atoms with Crippen molar-refractivity contribution in [2.45, 2.75) is 20.4 Å². The van der Waals surface area contributed by atoms with Crippen LogP contribution in [-0.2, 0) is 6.54 Å². The Hall–Kier alpha value is -0.350. The number of thiocarbonyl (C=S) groups is 1. The molecule has 1 atom stereocenters. The van der Waals surface area contributed by atoms with Crippen LogP contribution in [0.5, 0.6) is 0 Å². The van der Waals surface area contributed by atoms with Gasteiger partial charge < -0.3 is 5.73 Å². The molecule has 2 nitrogen and oxygen atoms in total. The molecule has 0 amide bonds. The van der Waals surface area contributed by atoms with Crippen molar-refractivity contribution in [3.05, 3.63) is 33.8 Å². The van der Waals surface area contributed by atoms with E-state index in [9.17, 15) is 0 Å². The topological polar surface area (TPSA) is 29.3 Å². The Morgan fingerprint density at radius 1 is 1.39 bits per heavy atom. The Balaban J connectivity index is 2.67. The first-order valence-corrected chi connectivity index (χ1v) is 7.06. The van der Waals surface area contributed by atoms with E-state index in [1.807, 2.05) is 25.1 Å². The highest BCUT2D eigenvalue weighted by Crippen LogP contribution is 2.23. The molecule has 1 aromatic rings. The molecule has 1 aromatic carbocycles. The molecule has 0 saturated heterocycles. The van der Waals surface area contributed by atoms with Gasteiger partial charge in [-0.1, -0.05) is 55.3 Å². The maximum absolute atomic E-state index is 6.01. The van der Waals surface area contributed by atoms with Crippen LogP contribution in [0.4, 0.5) is 0 Å². The zero-order chi connectivity index (χ0) is 13.7. The second-order valence-corrected chi connectivity index (χ2v) is 5.67. The Morgan fingerprint density at radius 2 is 2.06 bits per heavy atom. The first kappa shape index (κ1) is 15.7. The monoisotopic (exact) mass is 304 g/mol. The molecule has 1 rings (SSSR count). The normalized spacial score (nSPS) is 12.7. The van der Waals surface area contributed by atoms with Gasteiger partial charge in [0, 0.05) is 19.0 Å². The van der Waals surface area contributed by atoms with Gasteiger partial charge in [-0.3, -0.25) is 4.90 Å². The summed E-state index contributed by atoms with van der Waals surface area (Å²) in [6, 6.07) is 5.71. The van der Waals surface area contributed by atoms with E-state index in [1.165, 1.54) is 0 Å². The predicted molar refractivity (Wildman–Crippen MR) is 83.4 cm³/mol. The fraction of sp³-hybridized carbons (Fsp3) is 0.462. The lowest BCUT2D eigenvalue weighted by molar-refractivity contribution is 0.264. The minimum absolute atomic E-state index is 0.211. The summed E-state index contributed by atoms with van der Waals surface area (Å²) in [5.41, 5.74) is 6.78. The van der Waals surface area contributed by atoms with E-state index >= 15 is 0 Å². The van der Waals surface area contributed by atoms with Crippen LogP contribution in [0.3, 0.4) is 0 Å². The first-order valence-electron chi connectivity index (χ1n) is 5.89. The van der Waals surface area contributed by atoms with Crippen LogP contribution in [0.2, 0.25) is 10.0 Å². The van der Waals surface area contributed by atoms with Gasteiger partial charge in [0.05, 0.1) is 15.0 Å². The molecular weight excluding hydrogens is 287 g/mol. The van der Waals surface area contributed by atoms with E-state index in [0.717, 1.165) is 25.2 Å². The van der Waals surface area contributed by atoms with Crippen molar-refractivity contribution in [1.82, 2.24) is 4.90 Å². The van der Waals surface area contributed by atoms with Gasteiger partial charge in [0.25, 0.3) is 0 Å². The fourth-order valence-corrected chi connectivity index (χ4v) is 2.07. The van der Waals surface area contributed by atoms with Crippen molar-refractivity contribution < 1.29 is 0 Å². The molecule has 0 saturated carbocycles. The molecule has 0 aliphatic carbocycles. The number of nitrogens with two attached hydrogens (primary N) is 1. The van der Waals surface area contributed by atoms with Gasteiger partial charge in [0.15, 0.2) is 0 Å². The second-order valence-electron chi connectivity index (χ2n) is 4.38. The van der Waals surface area contributed by atoms with Gasteiger partial charge in [-0.2, -0.15) is 0 Å². The van der Waals surface area contributed by atoms with Crippen LogP contribution in [-0.4, -0.2) is 23.0 Å². The SMILES string of the molecule is CCN(Cc1ccc(Cl)c(Cl)c1)CC(C)C(N)=S. The lowest BCUT2D eigenvalue weighted by atomic mass is 10.1. The van der Waals surface area contributed by atoms with Gasteiger partial charge in [-0.15, -0.1) is 0 Å². The molecule has 0 aromatic heterocycles. The van der Waals surface area contributed by atoms with Crippen molar-refractivity contribution in [3.8, 4) is 0 Å². The highest BCUT2D eigenvalue weighted by atomic mass is 35.5. The molecule has 0 heterocycles. The highest BCUT2D eigenvalue weighted by Gasteiger charge is 2.11. The smallest absolute Gasteiger partial charge is 0.0768 e. The Bertz CT molecular complexity index is 423. The van der Waals surface area contributed by atoms with Crippen LogP contribution in [0.1, 0.15) is 19.4 Å². The Morgan fingerprint density at radius 3 is 2.56 bits per heavy atom. The Labute approximate surface area is 124 Å². The quantitative estimate of drug-likeness (QED) is 0.812. The lowest BCUT2D eigenvalue weighted by Crippen LogP contribution is -2.33. The average molecular weight is 305 g/mol. The molecule has 2 N–H and O–H groups in total. The zero-order valence-electron chi connectivity index (χ0n) is 10.6. The number of hydrogen-bond donors (Lipinski definition) is 1. The lowest BCUT2D eigenvalue weighted by Gasteiger charge is -2.24. The van der Waals surface area contributed by atoms with Gasteiger partial charge in [-0.25, -0.2) is 0 Å². The van der Waals surface area contributed by atoms with E-state index in [2.05, 4.69) is 11.8 Å². The van der Waals surface area contributed by atoms with Crippen molar-refractivity contribution in [3.63, 3.8) is 0 Å². The molecule has 100 valence electrons. The Kier molecular flexibility index (Phi) is 6.36. The third-order valence-electron chi connectivity index (χ3n) is 2.86. The van der Waals surface area contributed by atoms with Gasteiger partial charge >= 0.3 is 0 Å². The summed E-state index contributed by atoms with van der Waals surface area (Å²) in [6.07, 6.45) is 0. The van der Waals surface area contributed by atoms with Crippen LogP contribution >= 0.6 is 35.4 Å². The molecule has 0 aliphatic rings. The summed E-state index contributed by atoms with van der Waals surface area (Å²) >= 11 is 16.9. The number of nitrogens with zero attached hydrogens (tertiary/aromatic N) is 1. The van der Waals surface area contributed by atoms with E-state index in [-0.39, 0.29) is 5.92 Å². The minimum Gasteiger partial charge on any atom is -0.393 e. The van der Waals surface area contributed by atoms with Crippen LogP contribution in [0.25, 0.3) is 0 Å². The van der Waals surface area contributed by atoms with Gasteiger partial charge in [0.1, 0.15) is 0 Å². The largest absolute Gasteiger partial charge is 0.393 e. The molecular formula is C13H18Cl2N2S. The molecule has 18 heavy (non-hydrogen) atoms. The van der Waals surface area contributed by atoms with Crippen LogP contribution in [0.15, 0.2) is 18.2 Å². The van der Waals surface area contributed by atoms with Crippen LogP contribution in [0, 0.1) is 5.92 Å². The average Bonchev–Trinajstić information content (AvgIpc) is 2.32. The summed E-state index contributed by atoms with van der Waals surface area (Å²) in [5.74, 6) is 0.211. The molecule has 0 radical (unpaired) electrons. The maximum atomic E-state index is 6.01. The van der Waals surface area contributed by atoms with Gasteiger partial charge in [0.2, 0.25) is 0 Å². The standard InChI is InChI=1S/C13H18Cl2N2S/c1-3-17(7-9(2)13(16)18)8-10-4-5-11(14)12(15)6-10/h4-6,9H,3,7-8H2,1-2H3,(H2,16,18). The van der Waals surface area contributed by atoms with Crippen molar-refractivity contribution in [2.24, 2.45) is 11.7 Å². The number of benzene rings is 1. The van der Waals surface area contributed by atoms with Crippen molar-refractivity contribution in [1.29, 1.82) is 0 Å². The van der Waals surface area contributed by atoms with E-state index in [4.69, 9.17) is 41.2 Å². The molecule has 0 bridgehead atoms. The maximum Gasteiger partial charge on any atom is 0.0768 e.